The van der Waals surface area contributed by atoms with Crippen molar-refractivity contribution in [3.05, 3.63) is 0 Å². The lowest BCUT2D eigenvalue weighted by molar-refractivity contribution is -0.226. The van der Waals surface area contributed by atoms with Gasteiger partial charge in [-0.25, -0.2) is 0 Å². The third kappa shape index (κ3) is 7.21. The van der Waals surface area contributed by atoms with Crippen molar-refractivity contribution < 1.29 is 52.4 Å². The smallest absolute Gasteiger partial charge is 0.305 e. The Morgan fingerprint density at radius 1 is 0.593 bits per heavy atom. The molecule has 1 fully saturated rings. The maximum Gasteiger partial charge on any atom is 0.305 e. The topological polar surface area (TPSA) is 141 Å². The van der Waals surface area contributed by atoms with E-state index in [0.717, 1.165) is 34.6 Å². The lowest BCUT2D eigenvalue weighted by Crippen LogP contribution is -2.53. The summed E-state index contributed by atoms with van der Waals surface area (Å²) < 4.78 is 30.9. The first-order chi connectivity index (χ1) is 12.5. The van der Waals surface area contributed by atoms with Crippen LogP contribution in [0.25, 0.3) is 0 Å². The highest BCUT2D eigenvalue weighted by Gasteiger charge is 2.51. The molecule has 11 heteroatoms. The summed E-state index contributed by atoms with van der Waals surface area (Å²) in [4.78, 5) is 57.4. The summed E-state index contributed by atoms with van der Waals surface area (Å²) in [5.74, 6) is -3.88. The summed E-state index contributed by atoms with van der Waals surface area (Å²) in [6, 6.07) is 0. The van der Waals surface area contributed by atoms with Crippen molar-refractivity contribution in [3.8, 4) is 0 Å². The van der Waals surface area contributed by atoms with Crippen LogP contribution in [0.5, 0.6) is 0 Å². The summed E-state index contributed by atoms with van der Waals surface area (Å²) in [6.45, 7) is 5.06. The van der Waals surface area contributed by atoms with Crippen LogP contribution in [-0.2, 0) is 52.4 Å². The molecule has 0 saturated carbocycles. The molecule has 0 aromatic rings. The van der Waals surface area contributed by atoms with Crippen LogP contribution in [0.3, 0.4) is 0 Å². The van der Waals surface area contributed by atoms with Gasteiger partial charge in [0.15, 0.2) is 18.3 Å². The lowest BCUT2D eigenvalue weighted by atomic mass is 10.0. The van der Waals surface area contributed by atoms with E-state index in [1.165, 1.54) is 0 Å². The Hall–Kier alpha value is -2.69. The molecule has 0 aromatic heterocycles. The molecule has 1 rings (SSSR count). The minimum absolute atomic E-state index is 0.384. The minimum atomic E-state index is -1.49. The number of hydrogen-bond acceptors (Lipinski definition) is 11. The molecule has 0 unspecified atom stereocenters. The third-order valence-corrected chi connectivity index (χ3v) is 3.21. The van der Waals surface area contributed by atoms with Crippen molar-refractivity contribution in [1.29, 1.82) is 0 Å². The molecule has 0 amide bonds. The number of rotatable bonds is 5. The van der Waals surface area contributed by atoms with Crippen LogP contribution in [0.4, 0.5) is 0 Å². The van der Waals surface area contributed by atoms with Gasteiger partial charge in [-0.3, -0.25) is 24.0 Å². The van der Waals surface area contributed by atoms with Crippen LogP contribution in [0.1, 0.15) is 34.6 Å². The fourth-order valence-corrected chi connectivity index (χ4v) is 2.49. The SMILES string of the molecule is CC(=O)O[C@@H]1OC[C@@H](OC(C)=O)[C@@H](OC(C)=O)[C@H](OC(C)=O)[C@H]1OC(C)=O. The van der Waals surface area contributed by atoms with Gasteiger partial charge in [0.25, 0.3) is 0 Å². The zero-order chi connectivity index (χ0) is 20.7. The van der Waals surface area contributed by atoms with Crippen LogP contribution in [-0.4, -0.2) is 67.2 Å². The molecule has 5 atom stereocenters. The molecule has 0 N–H and O–H groups in total. The highest BCUT2D eigenvalue weighted by Crippen LogP contribution is 2.27. The molecule has 27 heavy (non-hydrogen) atoms. The van der Waals surface area contributed by atoms with Gasteiger partial charge in [-0.05, 0) is 0 Å². The summed E-state index contributed by atoms with van der Waals surface area (Å²) in [7, 11) is 0. The summed E-state index contributed by atoms with van der Waals surface area (Å²) in [6.07, 6.45) is -7.02. The van der Waals surface area contributed by atoms with E-state index in [-0.39, 0.29) is 6.61 Å². The van der Waals surface area contributed by atoms with Crippen LogP contribution >= 0.6 is 0 Å². The van der Waals surface area contributed by atoms with Crippen molar-refractivity contribution in [1.82, 2.24) is 0 Å². The molecule has 1 aliphatic heterocycles. The largest absolute Gasteiger partial charge is 0.456 e. The van der Waals surface area contributed by atoms with Crippen molar-refractivity contribution in [3.63, 3.8) is 0 Å². The minimum Gasteiger partial charge on any atom is -0.456 e. The van der Waals surface area contributed by atoms with Crippen molar-refractivity contribution in [2.75, 3.05) is 6.61 Å². The second-order valence-corrected chi connectivity index (χ2v) is 5.68. The molecule has 0 radical (unpaired) electrons. The first-order valence-electron chi connectivity index (χ1n) is 7.99. The second kappa shape index (κ2) is 9.86. The van der Waals surface area contributed by atoms with Gasteiger partial charge >= 0.3 is 29.8 Å². The van der Waals surface area contributed by atoms with Gasteiger partial charge in [0.05, 0.1) is 6.61 Å². The van der Waals surface area contributed by atoms with E-state index in [4.69, 9.17) is 28.4 Å². The molecule has 0 spiro atoms. The van der Waals surface area contributed by atoms with Crippen LogP contribution in [0.15, 0.2) is 0 Å². The van der Waals surface area contributed by atoms with Crippen LogP contribution in [0, 0.1) is 0 Å². The van der Waals surface area contributed by atoms with E-state index < -0.39 is 60.6 Å². The molecule has 0 aliphatic carbocycles. The Morgan fingerprint density at radius 2 is 1.00 bits per heavy atom. The fraction of sp³-hybridized carbons (Fsp3) is 0.688. The molecule has 11 nitrogen and oxygen atoms in total. The zero-order valence-corrected chi connectivity index (χ0v) is 15.6. The van der Waals surface area contributed by atoms with Crippen LogP contribution < -0.4 is 0 Å². The van der Waals surface area contributed by atoms with Gasteiger partial charge in [-0.15, -0.1) is 0 Å². The Balaban J connectivity index is 3.40. The highest BCUT2D eigenvalue weighted by atomic mass is 16.7. The Kier molecular flexibility index (Phi) is 8.16. The van der Waals surface area contributed by atoms with E-state index in [1.807, 2.05) is 0 Å². The lowest BCUT2D eigenvalue weighted by Gasteiger charge is -2.33. The van der Waals surface area contributed by atoms with E-state index in [9.17, 15) is 24.0 Å². The van der Waals surface area contributed by atoms with Crippen molar-refractivity contribution in [2.24, 2.45) is 0 Å². The quantitative estimate of drug-likeness (QED) is 0.448. The maximum absolute atomic E-state index is 11.6. The molecule has 1 heterocycles. The molecule has 1 saturated heterocycles. The normalized spacial score (nSPS) is 27.5. The summed E-state index contributed by atoms with van der Waals surface area (Å²) in [5, 5.41) is 0. The first kappa shape index (κ1) is 22.4. The molecular weight excluding hydrogens is 368 g/mol. The van der Waals surface area contributed by atoms with Gasteiger partial charge in [-0.2, -0.15) is 0 Å². The summed E-state index contributed by atoms with van der Waals surface area (Å²) in [5.41, 5.74) is 0. The first-order valence-corrected chi connectivity index (χ1v) is 7.99. The monoisotopic (exact) mass is 390 g/mol. The summed E-state index contributed by atoms with van der Waals surface area (Å²) >= 11 is 0. The van der Waals surface area contributed by atoms with E-state index in [2.05, 4.69) is 0 Å². The Labute approximate surface area is 155 Å². The molecular formula is C16H22O11. The van der Waals surface area contributed by atoms with Crippen molar-refractivity contribution >= 4 is 29.8 Å². The number of carbonyl (C=O) groups is 5. The van der Waals surface area contributed by atoms with E-state index in [0.29, 0.717) is 0 Å². The zero-order valence-electron chi connectivity index (χ0n) is 15.6. The van der Waals surface area contributed by atoms with E-state index in [1.54, 1.807) is 0 Å². The molecule has 0 aromatic carbocycles. The Bertz CT molecular complexity index is 555. The Morgan fingerprint density at radius 3 is 1.44 bits per heavy atom. The number of hydrogen-bond donors (Lipinski definition) is 0. The number of esters is 5. The molecule has 0 bridgehead atoms. The standard InChI is InChI=1S/C16H22O11/c1-7(17)23-12-6-22-16(27-11(5)21)15(26-10(4)20)14(25-9(3)19)13(12)24-8(2)18/h12-16H,6H2,1-5H3/t12-,13-,14+,15-,16+/m1/s1. The molecule has 1 aliphatic rings. The maximum atomic E-state index is 11.6. The fourth-order valence-electron chi connectivity index (χ4n) is 2.49. The van der Waals surface area contributed by atoms with Crippen LogP contribution in [0.2, 0.25) is 0 Å². The van der Waals surface area contributed by atoms with Gasteiger partial charge < -0.3 is 28.4 Å². The highest BCUT2D eigenvalue weighted by molar-refractivity contribution is 5.69. The van der Waals surface area contributed by atoms with Crippen molar-refractivity contribution in [2.45, 2.75) is 65.3 Å². The third-order valence-electron chi connectivity index (χ3n) is 3.21. The second-order valence-electron chi connectivity index (χ2n) is 5.68. The van der Waals surface area contributed by atoms with Gasteiger partial charge in [0.2, 0.25) is 12.4 Å². The van der Waals surface area contributed by atoms with E-state index >= 15 is 0 Å². The number of carbonyl (C=O) groups excluding carboxylic acids is 5. The molecule has 152 valence electrons. The predicted molar refractivity (Wildman–Crippen MR) is 83.7 cm³/mol. The van der Waals surface area contributed by atoms with Gasteiger partial charge in [-0.1, -0.05) is 0 Å². The van der Waals surface area contributed by atoms with Gasteiger partial charge in [0, 0.05) is 34.6 Å². The number of ether oxygens (including phenoxy) is 6. The van der Waals surface area contributed by atoms with Gasteiger partial charge in [0.1, 0.15) is 0 Å². The average molecular weight is 390 g/mol. The predicted octanol–water partition coefficient (Wildman–Crippen LogP) is -0.367. The average Bonchev–Trinajstić information content (AvgIpc) is 2.59.